The fourth-order valence-electron chi connectivity index (χ4n) is 4.50. The lowest BCUT2D eigenvalue weighted by Gasteiger charge is -2.34. The number of carbonyl (C=O) groups is 2. The predicted molar refractivity (Wildman–Crippen MR) is 142 cm³/mol. The molecule has 2 atom stereocenters. The van der Waals surface area contributed by atoms with Crippen LogP contribution in [0.3, 0.4) is 0 Å². The third-order valence-electron chi connectivity index (χ3n) is 6.09. The predicted octanol–water partition coefficient (Wildman–Crippen LogP) is 5.51. The Morgan fingerprint density at radius 1 is 1.03 bits per heavy atom. The van der Waals surface area contributed by atoms with Crippen LogP contribution in [0.4, 0.5) is 5.69 Å². The number of esters is 1. The topological polar surface area (TPSA) is 92.8 Å². The number of thiophene rings is 1. The second-order valence-corrected chi connectivity index (χ2v) is 12.2. The number of hydrogen-bond acceptors (Lipinski definition) is 6. The van der Waals surface area contributed by atoms with E-state index in [1.165, 1.54) is 39.9 Å². The maximum atomic E-state index is 13.1. The first-order chi connectivity index (χ1) is 17.2. The number of benzene rings is 2. The number of amides is 1. The minimum absolute atomic E-state index is 0.162. The lowest BCUT2D eigenvalue weighted by Crippen LogP contribution is -2.42. The molecule has 1 saturated heterocycles. The molecular formula is C27H30N2O5S2. The molecule has 0 unspecified atom stereocenters. The number of ether oxygens (including phenoxy) is 1. The molecule has 0 saturated carbocycles. The van der Waals surface area contributed by atoms with E-state index in [0.717, 1.165) is 16.9 Å². The van der Waals surface area contributed by atoms with E-state index >= 15 is 0 Å². The van der Waals surface area contributed by atoms with Crippen LogP contribution in [0.15, 0.2) is 65.6 Å². The molecule has 1 aliphatic heterocycles. The first-order valence-electron chi connectivity index (χ1n) is 12.0. The largest absolute Gasteiger partial charge is 0.462 e. The van der Waals surface area contributed by atoms with Gasteiger partial charge in [0.15, 0.2) is 0 Å². The molecule has 1 amide bonds. The van der Waals surface area contributed by atoms with Crippen LogP contribution < -0.4 is 5.32 Å². The van der Waals surface area contributed by atoms with Crippen LogP contribution in [-0.4, -0.2) is 44.3 Å². The highest BCUT2D eigenvalue weighted by Crippen LogP contribution is 2.35. The molecule has 1 N–H and O–H groups in total. The molecule has 0 radical (unpaired) electrons. The van der Waals surface area contributed by atoms with Gasteiger partial charge in [0.2, 0.25) is 10.0 Å². The van der Waals surface area contributed by atoms with Crippen LogP contribution in [0.5, 0.6) is 0 Å². The van der Waals surface area contributed by atoms with Gasteiger partial charge in [-0.1, -0.05) is 44.2 Å². The Morgan fingerprint density at radius 2 is 1.67 bits per heavy atom. The monoisotopic (exact) mass is 526 g/mol. The smallest absolute Gasteiger partial charge is 0.350 e. The molecule has 9 heteroatoms. The Bertz CT molecular complexity index is 1320. The number of nitrogens with zero attached hydrogens (tertiary/aromatic N) is 1. The van der Waals surface area contributed by atoms with Crippen LogP contribution in [-0.2, 0) is 14.8 Å². The van der Waals surface area contributed by atoms with E-state index in [1.54, 1.807) is 13.0 Å². The van der Waals surface area contributed by atoms with Gasteiger partial charge in [-0.2, -0.15) is 4.31 Å². The number of carbonyl (C=O) groups excluding carboxylic acids is 2. The van der Waals surface area contributed by atoms with Crippen molar-refractivity contribution in [3.8, 4) is 10.4 Å². The molecule has 190 valence electrons. The summed E-state index contributed by atoms with van der Waals surface area (Å²) in [5.41, 5.74) is 1.57. The highest BCUT2D eigenvalue weighted by molar-refractivity contribution is 7.89. The molecule has 7 nitrogen and oxygen atoms in total. The molecule has 36 heavy (non-hydrogen) atoms. The summed E-state index contributed by atoms with van der Waals surface area (Å²) in [7, 11) is -3.64. The van der Waals surface area contributed by atoms with Crippen molar-refractivity contribution in [2.24, 2.45) is 11.8 Å². The van der Waals surface area contributed by atoms with Gasteiger partial charge in [0.05, 0.1) is 17.2 Å². The van der Waals surface area contributed by atoms with E-state index in [-0.39, 0.29) is 17.1 Å². The van der Waals surface area contributed by atoms with Crippen LogP contribution in [0, 0.1) is 11.8 Å². The van der Waals surface area contributed by atoms with Crippen molar-refractivity contribution in [3.63, 3.8) is 0 Å². The molecule has 4 rings (SSSR count). The van der Waals surface area contributed by atoms with Gasteiger partial charge in [-0.25, -0.2) is 13.2 Å². The summed E-state index contributed by atoms with van der Waals surface area (Å²) in [4.78, 5) is 26.9. The van der Waals surface area contributed by atoms with Crippen LogP contribution in [0.2, 0.25) is 0 Å². The number of anilines is 1. The maximum Gasteiger partial charge on any atom is 0.350 e. The van der Waals surface area contributed by atoms with Crippen molar-refractivity contribution in [1.29, 1.82) is 0 Å². The number of rotatable bonds is 7. The molecule has 3 aromatic rings. The standard InChI is InChI=1S/C27H30N2O5S2/c1-4-34-27(31)25-23(15-24(35-25)20-8-6-5-7-9-20)28-26(30)21-10-12-22(13-11-21)36(32,33)29-16-18(2)14-19(3)17-29/h5-13,15,18-19H,4,14,16-17H2,1-3H3,(H,28,30)/t18-,19-/m1/s1. The van der Waals surface area contributed by atoms with E-state index in [4.69, 9.17) is 4.74 Å². The lowest BCUT2D eigenvalue weighted by molar-refractivity contribution is 0.0533. The Morgan fingerprint density at radius 3 is 2.28 bits per heavy atom. The van der Waals surface area contributed by atoms with E-state index in [9.17, 15) is 18.0 Å². The number of nitrogens with one attached hydrogen (secondary N) is 1. The average molecular weight is 527 g/mol. The normalized spacial score (nSPS) is 18.5. The summed E-state index contributed by atoms with van der Waals surface area (Å²) in [6, 6.07) is 17.2. The van der Waals surface area contributed by atoms with Crippen molar-refractivity contribution in [2.75, 3.05) is 25.0 Å². The van der Waals surface area contributed by atoms with Crippen molar-refractivity contribution in [2.45, 2.75) is 32.1 Å². The van der Waals surface area contributed by atoms with Gasteiger partial charge >= 0.3 is 5.97 Å². The average Bonchev–Trinajstić information content (AvgIpc) is 3.28. The molecule has 2 aromatic carbocycles. The van der Waals surface area contributed by atoms with Gasteiger partial charge in [-0.15, -0.1) is 11.3 Å². The zero-order chi connectivity index (χ0) is 25.9. The Kier molecular flexibility index (Phi) is 7.92. The molecule has 0 aliphatic carbocycles. The SMILES string of the molecule is CCOC(=O)c1sc(-c2ccccc2)cc1NC(=O)c1ccc(S(=O)(=O)N2C[C@H](C)C[C@@H](C)C2)cc1. The fraction of sp³-hybridized carbons (Fsp3) is 0.333. The minimum atomic E-state index is -3.64. The third-order valence-corrected chi connectivity index (χ3v) is 9.10. The summed E-state index contributed by atoms with van der Waals surface area (Å²) in [6.07, 6.45) is 1.01. The highest BCUT2D eigenvalue weighted by Gasteiger charge is 2.31. The fourth-order valence-corrected chi connectivity index (χ4v) is 7.19. The Hall–Kier alpha value is -3.01. The van der Waals surface area contributed by atoms with E-state index in [1.807, 2.05) is 30.3 Å². The Balaban J connectivity index is 1.55. The van der Waals surface area contributed by atoms with Gasteiger partial charge in [0.25, 0.3) is 5.91 Å². The molecule has 2 heterocycles. The van der Waals surface area contributed by atoms with Crippen molar-refractivity contribution >= 4 is 38.9 Å². The first kappa shape index (κ1) is 26.1. The maximum absolute atomic E-state index is 13.1. The second-order valence-electron chi connectivity index (χ2n) is 9.19. The molecular weight excluding hydrogens is 496 g/mol. The molecule has 1 aromatic heterocycles. The van der Waals surface area contributed by atoms with Gasteiger partial charge in [0.1, 0.15) is 4.88 Å². The van der Waals surface area contributed by atoms with Crippen molar-refractivity contribution < 1.29 is 22.7 Å². The quantitative estimate of drug-likeness (QED) is 0.410. The molecule has 1 fully saturated rings. The van der Waals surface area contributed by atoms with Crippen molar-refractivity contribution in [3.05, 3.63) is 71.1 Å². The summed E-state index contributed by atoms with van der Waals surface area (Å²) in [5.74, 6) is -0.351. The zero-order valence-corrected chi connectivity index (χ0v) is 22.2. The summed E-state index contributed by atoms with van der Waals surface area (Å²) in [5, 5.41) is 2.80. The zero-order valence-electron chi connectivity index (χ0n) is 20.6. The van der Waals surface area contributed by atoms with Gasteiger partial charge in [-0.3, -0.25) is 4.79 Å². The Labute approximate surface area is 216 Å². The van der Waals surface area contributed by atoms with Gasteiger partial charge in [0, 0.05) is 23.5 Å². The van der Waals surface area contributed by atoms with E-state index < -0.39 is 21.9 Å². The van der Waals surface area contributed by atoms with E-state index in [2.05, 4.69) is 19.2 Å². The van der Waals surface area contributed by atoms with Crippen molar-refractivity contribution in [1.82, 2.24) is 4.31 Å². The lowest BCUT2D eigenvalue weighted by atomic mass is 9.94. The molecule has 1 aliphatic rings. The highest BCUT2D eigenvalue weighted by atomic mass is 32.2. The minimum Gasteiger partial charge on any atom is -0.462 e. The molecule has 0 spiro atoms. The first-order valence-corrected chi connectivity index (χ1v) is 14.2. The van der Waals surface area contributed by atoms with Gasteiger partial charge in [-0.05, 0) is 61.1 Å². The van der Waals surface area contributed by atoms with E-state index in [0.29, 0.717) is 35.5 Å². The summed E-state index contributed by atoms with van der Waals surface area (Å²) >= 11 is 1.25. The summed E-state index contributed by atoms with van der Waals surface area (Å²) in [6.45, 7) is 7.05. The van der Waals surface area contributed by atoms with Gasteiger partial charge < -0.3 is 10.1 Å². The van der Waals surface area contributed by atoms with Crippen LogP contribution in [0.25, 0.3) is 10.4 Å². The summed E-state index contributed by atoms with van der Waals surface area (Å²) < 4.78 is 33.0. The van der Waals surface area contributed by atoms with Crippen LogP contribution >= 0.6 is 11.3 Å². The molecule has 0 bridgehead atoms. The van der Waals surface area contributed by atoms with Crippen LogP contribution in [0.1, 0.15) is 47.2 Å². The number of hydrogen-bond donors (Lipinski definition) is 1. The third kappa shape index (κ3) is 5.69. The number of piperidine rings is 1. The second kappa shape index (κ2) is 10.9. The number of sulfonamides is 1.